The number of nitrogens with zero attached hydrogens (tertiary/aromatic N) is 2. The maximum atomic E-state index is 11.7. The zero-order valence-corrected chi connectivity index (χ0v) is 11.2. The molecule has 0 aliphatic carbocycles. The number of carbonyl (C=O) groups is 3. The van der Waals surface area contributed by atoms with E-state index in [0.29, 0.717) is 15.7 Å². The van der Waals surface area contributed by atoms with Crippen LogP contribution in [-0.4, -0.2) is 34.8 Å². The van der Waals surface area contributed by atoms with Crippen molar-refractivity contribution in [3.63, 3.8) is 0 Å². The van der Waals surface area contributed by atoms with Crippen molar-refractivity contribution >= 4 is 34.1 Å². The summed E-state index contributed by atoms with van der Waals surface area (Å²) in [5, 5.41) is 8.92. The van der Waals surface area contributed by atoms with E-state index >= 15 is 0 Å². The maximum absolute atomic E-state index is 11.7. The Bertz CT molecular complexity index is 495. The second kappa shape index (κ2) is 5.72. The van der Waals surface area contributed by atoms with E-state index in [4.69, 9.17) is 5.11 Å². The third kappa shape index (κ3) is 3.36. The Hall–Kier alpha value is -1.76. The van der Waals surface area contributed by atoms with Crippen LogP contribution in [0.15, 0.2) is 0 Å². The molecule has 0 saturated heterocycles. The molecule has 18 heavy (non-hydrogen) atoms. The van der Waals surface area contributed by atoms with Gasteiger partial charge in [0.15, 0.2) is 10.9 Å². The lowest BCUT2D eigenvalue weighted by Crippen LogP contribution is -2.26. The molecule has 0 radical (unpaired) electrons. The van der Waals surface area contributed by atoms with Gasteiger partial charge in [0.2, 0.25) is 5.91 Å². The van der Waals surface area contributed by atoms with E-state index in [1.165, 1.54) is 18.9 Å². The summed E-state index contributed by atoms with van der Waals surface area (Å²) in [7, 11) is 1.52. The summed E-state index contributed by atoms with van der Waals surface area (Å²) in [4.78, 5) is 39.3. The molecule has 0 aliphatic heterocycles. The first kappa shape index (κ1) is 14.3. The van der Waals surface area contributed by atoms with Crippen molar-refractivity contribution in [2.45, 2.75) is 26.7 Å². The van der Waals surface area contributed by atoms with Gasteiger partial charge in [-0.3, -0.25) is 19.3 Å². The molecule has 7 heteroatoms. The van der Waals surface area contributed by atoms with Gasteiger partial charge in [-0.05, 0) is 6.92 Å². The number of rotatable bonds is 5. The minimum Gasteiger partial charge on any atom is -0.481 e. The minimum absolute atomic E-state index is 0.0835. The molecule has 0 spiro atoms. The zero-order chi connectivity index (χ0) is 13.9. The Labute approximate surface area is 108 Å². The van der Waals surface area contributed by atoms with Crippen LogP contribution in [0.1, 0.15) is 35.1 Å². The molecule has 1 rings (SSSR count). The largest absolute Gasteiger partial charge is 0.481 e. The number of Topliss-reactive ketones (excluding diaryl/α,β-unsaturated/α-hetero) is 1. The van der Waals surface area contributed by atoms with Crippen LogP contribution in [0, 0.1) is 6.92 Å². The van der Waals surface area contributed by atoms with Crippen molar-refractivity contribution in [3.8, 4) is 0 Å². The molecule has 1 N–H and O–H groups in total. The Morgan fingerprint density at radius 3 is 2.39 bits per heavy atom. The van der Waals surface area contributed by atoms with Crippen LogP contribution in [-0.2, 0) is 9.59 Å². The van der Waals surface area contributed by atoms with Gasteiger partial charge in [0.25, 0.3) is 0 Å². The normalized spacial score (nSPS) is 10.2. The molecule has 0 saturated carbocycles. The van der Waals surface area contributed by atoms with Gasteiger partial charge in [-0.15, -0.1) is 0 Å². The number of aromatic nitrogens is 1. The molecule has 0 fully saturated rings. The fourth-order valence-electron chi connectivity index (χ4n) is 1.34. The lowest BCUT2D eigenvalue weighted by atomic mass is 10.3. The fourth-order valence-corrected chi connectivity index (χ4v) is 2.28. The van der Waals surface area contributed by atoms with Crippen LogP contribution in [0.5, 0.6) is 0 Å². The Kier molecular flexibility index (Phi) is 4.55. The van der Waals surface area contributed by atoms with Crippen molar-refractivity contribution < 1.29 is 19.5 Å². The van der Waals surface area contributed by atoms with E-state index in [9.17, 15) is 14.4 Å². The van der Waals surface area contributed by atoms with Crippen LogP contribution in [0.3, 0.4) is 0 Å². The van der Waals surface area contributed by atoms with Gasteiger partial charge < -0.3 is 5.11 Å². The third-order valence-corrected chi connectivity index (χ3v) is 3.65. The maximum Gasteiger partial charge on any atom is 0.303 e. The van der Waals surface area contributed by atoms with Crippen molar-refractivity contribution in [2.75, 3.05) is 11.9 Å². The van der Waals surface area contributed by atoms with Crippen molar-refractivity contribution in [1.29, 1.82) is 0 Å². The number of amides is 1. The van der Waals surface area contributed by atoms with Crippen LogP contribution >= 0.6 is 11.3 Å². The van der Waals surface area contributed by atoms with E-state index in [1.807, 2.05) is 0 Å². The highest BCUT2D eigenvalue weighted by Crippen LogP contribution is 2.26. The average Bonchev–Trinajstić information content (AvgIpc) is 2.67. The summed E-state index contributed by atoms with van der Waals surface area (Å²) < 4.78 is 0. The van der Waals surface area contributed by atoms with Gasteiger partial charge in [0, 0.05) is 20.4 Å². The summed E-state index contributed by atoms with van der Waals surface area (Å²) >= 11 is 1.14. The van der Waals surface area contributed by atoms with Crippen LogP contribution in [0.4, 0.5) is 5.13 Å². The third-order valence-electron chi connectivity index (χ3n) is 2.32. The number of hydrogen-bond acceptors (Lipinski definition) is 5. The number of carboxylic acids is 1. The first-order valence-electron chi connectivity index (χ1n) is 5.29. The smallest absolute Gasteiger partial charge is 0.303 e. The van der Waals surface area contributed by atoms with Gasteiger partial charge >= 0.3 is 5.97 Å². The van der Waals surface area contributed by atoms with E-state index in [0.717, 1.165) is 11.3 Å². The molecule has 1 amide bonds. The summed E-state index contributed by atoms with van der Waals surface area (Å²) in [5.41, 5.74) is 0.584. The van der Waals surface area contributed by atoms with Crippen LogP contribution in [0.2, 0.25) is 0 Å². The average molecular weight is 270 g/mol. The molecule has 0 unspecified atom stereocenters. The predicted molar refractivity (Wildman–Crippen MR) is 67.1 cm³/mol. The second-order valence-corrected chi connectivity index (χ2v) is 4.79. The van der Waals surface area contributed by atoms with Crippen LogP contribution < -0.4 is 4.90 Å². The van der Waals surface area contributed by atoms with E-state index < -0.39 is 5.97 Å². The second-order valence-electron chi connectivity index (χ2n) is 3.81. The van der Waals surface area contributed by atoms with Crippen LogP contribution in [0.25, 0.3) is 0 Å². The Morgan fingerprint density at radius 2 is 1.94 bits per heavy atom. The molecule has 98 valence electrons. The van der Waals surface area contributed by atoms with Gasteiger partial charge in [-0.2, -0.15) is 0 Å². The molecule has 1 aromatic heterocycles. The van der Waals surface area contributed by atoms with Crippen molar-refractivity contribution in [3.05, 3.63) is 10.6 Å². The topological polar surface area (TPSA) is 87.6 Å². The number of ketones is 1. The molecule has 0 bridgehead atoms. The number of hydrogen-bond donors (Lipinski definition) is 1. The van der Waals surface area contributed by atoms with Gasteiger partial charge in [-0.1, -0.05) is 11.3 Å². The minimum atomic E-state index is -1.02. The number of thiazole rings is 1. The number of carbonyl (C=O) groups excluding carboxylic acids is 2. The van der Waals surface area contributed by atoms with E-state index in [2.05, 4.69) is 4.98 Å². The molecule has 0 atom stereocenters. The molecule has 1 heterocycles. The monoisotopic (exact) mass is 270 g/mol. The number of carboxylic acid groups (broad SMARTS) is 1. The number of anilines is 1. The SMILES string of the molecule is CC(=O)c1sc(N(C)C(=O)CCC(=O)O)nc1C. The first-order chi connectivity index (χ1) is 8.32. The molecular formula is C11H14N2O4S. The Balaban J connectivity index is 2.80. The highest BCUT2D eigenvalue weighted by Gasteiger charge is 2.19. The van der Waals surface area contributed by atoms with E-state index in [1.54, 1.807) is 6.92 Å². The van der Waals surface area contributed by atoms with Gasteiger partial charge in [-0.25, -0.2) is 4.98 Å². The Morgan fingerprint density at radius 1 is 1.33 bits per heavy atom. The quantitative estimate of drug-likeness (QED) is 0.819. The highest BCUT2D eigenvalue weighted by atomic mass is 32.1. The van der Waals surface area contributed by atoms with Crippen molar-refractivity contribution in [1.82, 2.24) is 4.98 Å². The zero-order valence-electron chi connectivity index (χ0n) is 10.4. The number of aryl methyl sites for hydroxylation is 1. The molecular weight excluding hydrogens is 256 g/mol. The molecule has 0 aliphatic rings. The van der Waals surface area contributed by atoms with E-state index in [-0.39, 0.29) is 24.5 Å². The molecule has 6 nitrogen and oxygen atoms in total. The molecule has 1 aromatic rings. The summed E-state index contributed by atoms with van der Waals surface area (Å²) in [5.74, 6) is -1.44. The van der Waals surface area contributed by atoms with Gasteiger partial charge in [0.05, 0.1) is 17.0 Å². The predicted octanol–water partition coefficient (Wildman–Crippen LogP) is 1.48. The first-order valence-corrected chi connectivity index (χ1v) is 6.11. The lowest BCUT2D eigenvalue weighted by molar-refractivity contribution is -0.138. The fraction of sp³-hybridized carbons (Fsp3) is 0.455. The standard InChI is InChI=1S/C11H14N2O4S/c1-6-10(7(2)14)18-11(12-6)13(3)8(15)4-5-9(16)17/h4-5H2,1-3H3,(H,16,17). The summed E-state index contributed by atoms with van der Waals surface area (Å²) in [6.07, 6.45) is -0.299. The number of aliphatic carboxylic acids is 1. The highest BCUT2D eigenvalue weighted by molar-refractivity contribution is 7.17. The van der Waals surface area contributed by atoms with Gasteiger partial charge in [0.1, 0.15) is 0 Å². The lowest BCUT2D eigenvalue weighted by Gasteiger charge is -2.12. The summed E-state index contributed by atoms with van der Waals surface area (Å²) in [6.45, 7) is 3.14. The van der Waals surface area contributed by atoms with Crippen molar-refractivity contribution in [2.24, 2.45) is 0 Å². The molecule has 0 aromatic carbocycles. The summed E-state index contributed by atoms with van der Waals surface area (Å²) in [6, 6.07) is 0.